The van der Waals surface area contributed by atoms with Gasteiger partial charge in [-0.15, -0.1) is 0 Å². The minimum Gasteiger partial charge on any atom is -0.493 e. The molecule has 0 aliphatic carbocycles. The van der Waals surface area contributed by atoms with E-state index in [-0.39, 0.29) is 5.75 Å². The summed E-state index contributed by atoms with van der Waals surface area (Å²) in [5, 5.41) is 10.5. The molecular formula is C21H28O4. The lowest BCUT2D eigenvalue weighted by Gasteiger charge is -2.13. The highest BCUT2D eigenvalue weighted by molar-refractivity contribution is 5.42. The Balaban J connectivity index is 2.31. The second kappa shape index (κ2) is 9.94. The molecule has 0 radical (unpaired) electrons. The Bertz CT molecular complexity index is 1110. The molecule has 0 aliphatic rings. The van der Waals surface area contributed by atoms with Crippen molar-refractivity contribution < 1.29 is 37.1 Å². The SMILES string of the molecule is [2H]C([2H])([2H])Oc1ccc(C([2H])([2H])C([2H])([2H])CCC([2H])(O)C([2H])([2H])Oc2cccc(C)c2)cc1OC([2H])([2H])[2H]. The molecule has 0 saturated carbocycles. The number of methoxy groups -OCH3 is 2. The Labute approximate surface area is 168 Å². The molecule has 0 heterocycles. The molecule has 4 nitrogen and oxygen atoms in total. The number of aliphatic hydroxyl groups is 1. The van der Waals surface area contributed by atoms with Gasteiger partial charge in [0.25, 0.3) is 0 Å². The zero-order chi connectivity index (χ0) is 29.4. The van der Waals surface area contributed by atoms with Crippen LogP contribution in [0, 0.1) is 6.92 Å². The summed E-state index contributed by atoms with van der Waals surface area (Å²) < 4.78 is 116. The van der Waals surface area contributed by atoms with E-state index in [1.54, 1.807) is 19.1 Å². The highest BCUT2D eigenvalue weighted by Gasteiger charge is 2.07. The van der Waals surface area contributed by atoms with Gasteiger partial charge in [-0.2, -0.15) is 0 Å². The largest absolute Gasteiger partial charge is 0.493 e. The molecule has 2 aromatic carbocycles. The zero-order valence-electron chi connectivity index (χ0n) is 26.6. The lowest BCUT2D eigenvalue weighted by molar-refractivity contribution is 0.0976. The number of hydrogen-bond acceptors (Lipinski definition) is 4. The van der Waals surface area contributed by atoms with E-state index >= 15 is 0 Å². The Morgan fingerprint density at radius 1 is 1.16 bits per heavy atom. The molecule has 0 aliphatic heterocycles. The molecule has 1 atom stereocenters. The topological polar surface area (TPSA) is 47.9 Å². The van der Waals surface area contributed by atoms with Crippen LogP contribution in [0.3, 0.4) is 0 Å². The van der Waals surface area contributed by atoms with Crippen molar-refractivity contribution in [3.8, 4) is 17.2 Å². The summed E-state index contributed by atoms with van der Waals surface area (Å²) in [6.07, 6.45) is -10.5. The molecule has 0 amide bonds. The predicted molar refractivity (Wildman–Crippen MR) is 99.8 cm³/mol. The Hall–Kier alpha value is -2.20. The second-order valence-corrected chi connectivity index (χ2v) is 5.13. The molecule has 0 spiro atoms. The van der Waals surface area contributed by atoms with Crippen LogP contribution in [0.25, 0.3) is 0 Å². The van der Waals surface area contributed by atoms with Gasteiger partial charge >= 0.3 is 0 Å². The molecular weight excluding hydrogens is 316 g/mol. The zero-order valence-corrected chi connectivity index (χ0v) is 13.6. The van der Waals surface area contributed by atoms with Gasteiger partial charge in [-0.25, -0.2) is 0 Å². The molecule has 2 aromatic rings. The van der Waals surface area contributed by atoms with Gasteiger partial charge in [-0.1, -0.05) is 24.6 Å². The van der Waals surface area contributed by atoms with Crippen LogP contribution in [-0.4, -0.2) is 31.8 Å². The van der Waals surface area contributed by atoms with Crippen molar-refractivity contribution in [2.75, 3.05) is 20.6 Å². The first-order chi connectivity index (χ1) is 17.0. The summed E-state index contributed by atoms with van der Waals surface area (Å²) in [6, 6.07) is 8.89. The lowest BCUT2D eigenvalue weighted by Crippen LogP contribution is -2.17. The van der Waals surface area contributed by atoms with E-state index in [1.807, 2.05) is 0 Å². The summed E-state index contributed by atoms with van der Waals surface area (Å²) in [7, 11) is -6.05. The average molecular weight is 358 g/mol. The minimum atomic E-state index is -3.07. The number of hydrogen-bond donors (Lipinski definition) is 1. The smallest absolute Gasteiger partial charge is 0.160 e. The third-order valence-electron chi connectivity index (χ3n) is 3.16. The van der Waals surface area contributed by atoms with Crippen molar-refractivity contribution in [2.45, 2.75) is 38.6 Å². The average Bonchev–Trinajstić information content (AvgIpc) is 2.71. The fourth-order valence-electron chi connectivity index (χ4n) is 1.94. The van der Waals surface area contributed by atoms with Crippen LogP contribution in [0.1, 0.15) is 48.2 Å². The first kappa shape index (κ1) is 8.00. The van der Waals surface area contributed by atoms with Gasteiger partial charge in [0, 0.05) is 5.48 Å². The third-order valence-corrected chi connectivity index (χ3v) is 3.16. The summed E-state index contributed by atoms with van der Waals surface area (Å²) in [5.74, 6) is -1.18. The molecule has 1 unspecified atom stereocenters. The first-order valence-corrected chi connectivity index (χ1v) is 7.46. The standard InChI is InChI=1S/C21H28O4/c1-16-7-6-10-19(13-16)25-15-18(22)9-5-4-8-17-11-12-20(23-2)21(14-17)24-3/h6-7,10-14,18,22H,4-5,8-9,15H2,1-3H3/i2D3,3D3,4D2,8D2,15D2,18D. The molecule has 4 heteroatoms. The summed E-state index contributed by atoms with van der Waals surface area (Å²) in [5.41, 5.74) is 0.278. The van der Waals surface area contributed by atoms with Crippen LogP contribution in [-0.2, 0) is 6.37 Å². The Morgan fingerprint density at radius 2 is 2.00 bits per heavy atom. The van der Waals surface area contributed by atoms with Crippen LogP contribution >= 0.6 is 0 Å². The molecule has 25 heavy (non-hydrogen) atoms. The number of benzene rings is 2. The van der Waals surface area contributed by atoms with Crippen molar-refractivity contribution in [2.24, 2.45) is 0 Å². The second-order valence-electron chi connectivity index (χ2n) is 5.13. The van der Waals surface area contributed by atoms with Crippen LogP contribution in [0.4, 0.5) is 0 Å². The molecule has 136 valence electrons. The van der Waals surface area contributed by atoms with Crippen LogP contribution in [0.5, 0.6) is 17.2 Å². The minimum absolute atomic E-state index is 0.0279. The molecule has 1 N–H and O–H groups in total. The quantitative estimate of drug-likeness (QED) is 0.693. The van der Waals surface area contributed by atoms with E-state index in [0.29, 0.717) is 0 Å². The van der Waals surface area contributed by atoms with Gasteiger partial charge in [0.2, 0.25) is 0 Å². The van der Waals surface area contributed by atoms with Crippen LogP contribution in [0.15, 0.2) is 42.5 Å². The number of aryl methyl sites for hydroxylation is 2. The molecule has 0 fully saturated rings. The van der Waals surface area contributed by atoms with Crippen molar-refractivity contribution in [1.82, 2.24) is 0 Å². The summed E-state index contributed by atoms with van der Waals surface area (Å²) >= 11 is 0. The van der Waals surface area contributed by atoms with Gasteiger partial charge in [0.1, 0.15) is 12.3 Å². The maximum atomic E-state index is 10.5. The van der Waals surface area contributed by atoms with Gasteiger partial charge in [-0.3, -0.25) is 0 Å². The molecule has 0 aromatic heterocycles. The van der Waals surface area contributed by atoms with Gasteiger partial charge in [0.05, 0.1) is 32.5 Å². The van der Waals surface area contributed by atoms with E-state index in [9.17, 15) is 5.11 Å². The van der Waals surface area contributed by atoms with Crippen molar-refractivity contribution in [3.63, 3.8) is 0 Å². The van der Waals surface area contributed by atoms with Gasteiger partial charge < -0.3 is 19.3 Å². The first-order valence-electron chi connectivity index (χ1n) is 14.0. The van der Waals surface area contributed by atoms with E-state index in [0.717, 1.165) is 23.8 Å². The summed E-state index contributed by atoms with van der Waals surface area (Å²) in [6.45, 7) is -1.28. The van der Waals surface area contributed by atoms with Crippen molar-refractivity contribution in [1.29, 1.82) is 0 Å². The van der Waals surface area contributed by atoms with E-state index in [1.165, 1.54) is 12.1 Å². The fraction of sp³-hybridized carbons (Fsp3) is 0.429. The molecule has 0 bridgehead atoms. The van der Waals surface area contributed by atoms with E-state index in [2.05, 4.69) is 0 Å². The predicted octanol–water partition coefficient (Wildman–Crippen LogP) is 4.16. The Morgan fingerprint density at radius 3 is 2.80 bits per heavy atom. The summed E-state index contributed by atoms with van der Waals surface area (Å²) in [4.78, 5) is 0. The Kier molecular flexibility index (Phi) is 3.18. The van der Waals surface area contributed by atoms with Crippen LogP contribution < -0.4 is 14.2 Å². The maximum Gasteiger partial charge on any atom is 0.160 e. The molecule has 2 rings (SSSR count). The molecule has 0 saturated heterocycles. The van der Waals surface area contributed by atoms with E-state index in [4.69, 9.17) is 32.0 Å². The van der Waals surface area contributed by atoms with Gasteiger partial charge in [-0.05, 0) is 61.5 Å². The monoisotopic (exact) mass is 357 g/mol. The lowest BCUT2D eigenvalue weighted by atomic mass is 10.0. The highest BCUT2D eigenvalue weighted by Crippen LogP contribution is 2.28. The number of rotatable bonds is 10. The normalized spacial score (nSPS) is 23.5. The maximum absolute atomic E-state index is 10.5. The number of ether oxygens (including phenoxy) is 3. The van der Waals surface area contributed by atoms with Crippen LogP contribution in [0.2, 0.25) is 0 Å². The van der Waals surface area contributed by atoms with Crippen molar-refractivity contribution in [3.05, 3.63) is 53.6 Å². The van der Waals surface area contributed by atoms with Crippen molar-refractivity contribution >= 4 is 0 Å². The fourth-order valence-corrected chi connectivity index (χ4v) is 1.94. The third kappa shape index (κ3) is 6.31. The highest BCUT2D eigenvalue weighted by atomic mass is 16.5. The van der Waals surface area contributed by atoms with Gasteiger partial charge in [0.15, 0.2) is 11.5 Å². The van der Waals surface area contributed by atoms with E-state index < -0.39 is 69.4 Å².